The average molecular weight is 305 g/mol. The van der Waals surface area contributed by atoms with Gasteiger partial charge >= 0.3 is 0 Å². The van der Waals surface area contributed by atoms with Gasteiger partial charge in [-0.25, -0.2) is 4.39 Å². The van der Waals surface area contributed by atoms with Gasteiger partial charge in [-0.05, 0) is 30.3 Å². The molecule has 0 atom stereocenters. The predicted molar refractivity (Wildman–Crippen MR) is 88.9 cm³/mol. The summed E-state index contributed by atoms with van der Waals surface area (Å²) in [6.45, 7) is 0. The number of benzene rings is 2. The van der Waals surface area contributed by atoms with Gasteiger partial charge in [0, 0.05) is 28.7 Å². The summed E-state index contributed by atoms with van der Waals surface area (Å²) in [5.41, 5.74) is 2.57. The normalized spacial score (nSPS) is 11.7. The first kappa shape index (κ1) is 13.5. The number of aliphatic imine (C=N–C) groups is 1. The Balaban J connectivity index is 1.85. The SMILES string of the molecule is Oc1[nH]c2ccc(F)cc2c1C=Nc1cccc2cccnc12. The van der Waals surface area contributed by atoms with Gasteiger partial charge in [0.2, 0.25) is 0 Å². The summed E-state index contributed by atoms with van der Waals surface area (Å²) in [5, 5.41) is 11.6. The summed E-state index contributed by atoms with van der Waals surface area (Å²) in [7, 11) is 0. The van der Waals surface area contributed by atoms with E-state index >= 15 is 0 Å². The lowest BCUT2D eigenvalue weighted by Crippen LogP contribution is -1.82. The smallest absolute Gasteiger partial charge is 0.198 e. The molecule has 4 aromatic rings. The van der Waals surface area contributed by atoms with Crippen molar-refractivity contribution in [2.45, 2.75) is 0 Å². The Bertz CT molecular complexity index is 1050. The quantitative estimate of drug-likeness (QED) is 0.542. The summed E-state index contributed by atoms with van der Waals surface area (Å²) in [6.07, 6.45) is 3.23. The maximum Gasteiger partial charge on any atom is 0.198 e. The highest BCUT2D eigenvalue weighted by Gasteiger charge is 2.10. The number of aromatic hydroxyl groups is 1. The summed E-state index contributed by atoms with van der Waals surface area (Å²) in [6, 6.07) is 13.8. The molecule has 0 radical (unpaired) electrons. The molecule has 4 nitrogen and oxygen atoms in total. The molecule has 0 fully saturated rings. The van der Waals surface area contributed by atoms with Crippen molar-refractivity contribution < 1.29 is 9.50 Å². The minimum Gasteiger partial charge on any atom is -0.494 e. The molecular weight excluding hydrogens is 293 g/mol. The molecule has 2 heterocycles. The molecule has 2 aromatic carbocycles. The van der Waals surface area contributed by atoms with Crippen LogP contribution in [0, 0.1) is 5.82 Å². The number of rotatable bonds is 2. The Hall–Kier alpha value is -3.21. The van der Waals surface area contributed by atoms with E-state index in [1.807, 2.05) is 30.3 Å². The van der Waals surface area contributed by atoms with Crippen LogP contribution in [0.4, 0.5) is 10.1 Å². The zero-order valence-corrected chi connectivity index (χ0v) is 12.0. The van der Waals surface area contributed by atoms with Gasteiger partial charge in [0.1, 0.15) is 5.82 Å². The molecule has 0 amide bonds. The predicted octanol–water partition coefficient (Wildman–Crippen LogP) is 4.31. The van der Waals surface area contributed by atoms with Crippen molar-refractivity contribution in [3.05, 3.63) is 66.1 Å². The van der Waals surface area contributed by atoms with E-state index in [1.54, 1.807) is 12.3 Å². The van der Waals surface area contributed by atoms with Crippen molar-refractivity contribution >= 4 is 33.7 Å². The Kier molecular flexibility index (Phi) is 3.05. The lowest BCUT2D eigenvalue weighted by atomic mass is 10.1. The number of H-pyrrole nitrogens is 1. The van der Waals surface area contributed by atoms with E-state index < -0.39 is 0 Å². The second-order valence-electron chi connectivity index (χ2n) is 5.19. The molecule has 2 aromatic heterocycles. The third-order valence-corrected chi connectivity index (χ3v) is 3.72. The van der Waals surface area contributed by atoms with Crippen LogP contribution >= 0.6 is 0 Å². The van der Waals surface area contributed by atoms with E-state index in [0.29, 0.717) is 22.2 Å². The van der Waals surface area contributed by atoms with Crippen molar-refractivity contribution in [2.75, 3.05) is 0 Å². The minimum absolute atomic E-state index is 0.0393. The van der Waals surface area contributed by atoms with Gasteiger partial charge in [-0.2, -0.15) is 0 Å². The van der Waals surface area contributed by atoms with Gasteiger partial charge in [-0.15, -0.1) is 0 Å². The second kappa shape index (κ2) is 5.21. The minimum atomic E-state index is -0.363. The first-order valence-electron chi connectivity index (χ1n) is 7.10. The molecule has 112 valence electrons. The zero-order valence-electron chi connectivity index (χ0n) is 12.0. The van der Waals surface area contributed by atoms with E-state index in [1.165, 1.54) is 18.3 Å². The zero-order chi connectivity index (χ0) is 15.8. The second-order valence-corrected chi connectivity index (χ2v) is 5.19. The lowest BCUT2D eigenvalue weighted by molar-refractivity contribution is 0.457. The number of para-hydroxylation sites is 1. The van der Waals surface area contributed by atoms with Gasteiger partial charge in [0.25, 0.3) is 0 Å². The van der Waals surface area contributed by atoms with Crippen molar-refractivity contribution in [3.8, 4) is 5.88 Å². The van der Waals surface area contributed by atoms with Crippen LogP contribution in [0.25, 0.3) is 21.8 Å². The molecule has 23 heavy (non-hydrogen) atoms. The molecule has 0 aliphatic carbocycles. The van der Waals surface area contributed by atoms with Gasteiger partial charge in [-0.3, -0.25) is 9.98 Å². The molecule has 0 saturated heterocycles. The van der Waals surface area contributed by atoms with E-state index in [9.17, 15) is 9.50 Å². The molecule has 4 rings (SSSR count). The molecule has 0 aliphatic rings. The number of hydrogen-bond acceptors (Lipinski definition) is 3. The molecule has 0 unspecified atom stereocenters. The molecule has 0 spiro atoms. The monoisotopic (exact) mass is 305 g/mol. The number of nitrogens with zero attached hydrogens (tertiary/aromatic N) is 2. The Labute approximate surface area is 131 Å². The van der Waals surface area contributed by atoms with Gasteiger partial charge in [0.05, 0.1) is 16.8 Å². The fraction of sp³-hybridized carbons (Fsp3) is 0. The number of halogens is 1. The summed E-state index contributed by atoms with van der Waals surface area (Å²) in [5.74, 6) is -0.402. The van der Waals surface area contributed by atoms with E-state index in [-0.39, 0.29) is 11.7 Å². The van der Waals surface area contributed by atoms with Crippen molar-refractivity contribution in [3.63, 3.8) is 0 Å². The van der Waals surface area contributed by atoms with Crippen LogP contribution in [0.5, 0.6) is 5.88 Å². The van der Waals surface area contributed by atoms with Crippen LogP contribution < -0.4 is 0 Å². The van der Waals surface area contributed by atoms with Crippen LogP contribution in [0.15, 0.2) is 59.7 Å². The molecule has 5 heteroatoms. The van der Waals surface area contributed by atoms with Crippen LogP contribution in [0.1, 0.15) is 5.56 Å². The van der Waals surface area contributed by atoms with Crippen LogP contribution in [0.3, 0.4) is 0 Å². The molecule has 2 N–H and O–H groups in total. The van der Waals surface area contributed by atoms with Crippen LogP contribution in [0.2, 0.25) is 0 Å². The molecular formula is C18H12FN3O. The summed E-state index contributed by atoms with van der Waals surface area (Å²) < 4.78 is 13.4. The van der Waals surface area contributed by atoms with Crippen molar-refractivity contribution in [1.82, 2.24) is 9.97 Å². The van der Waals surface area contributed by atoms with Crippen LogP contribution in [-0.4, -0.2) is 21.3 Å². The number of aromatic nitrogens is 2. The Morgan fingerprint density at radius 2 is 2.00 bits per heavy atom. The highest BCUT2D eigenvalue weighted by molar-refractivity contribution is 6.03. The fourth-order valence-electron chi connectivity index (χ4n) is 2.63. The fourth-order valence-corrected chi connectivity index (χ4v) is 2.63. The van der Waals surface area contributed by atoms with E-state index in [4.69, 9.17) is 0 Å². The summed E-state index contributed by atoms with van der Waals surface area (Å²) in [4.78, 5) is 11.6. The van der Waals surface area contributed by atoms with Gasteiger partial charge in [0.15, 0.2) is 5.88 Å². The third-order valence-electron chi connectivity index (χ3n) is 3.72. The van der Waals surface area contributed by atoms with Crippen molar-refractivity contribution in [2.24, 2.45) is 4.99 Å². The van der Waals surface area contributed by atoms with Gasteiger partial charge < -0.3 is 10.1 Å². The van der Waals surface area contributed by atoms with E-state index in [0.717, 1.165) is 10.9 Å². The Morgan fingerprint density at radius 3 is 2.91 bits per heavy atom. The molecule has 0 aliphatic heterocycles. The number of aromatic amines is 1. The van der Waals surface area contributed by atoms with Gasteiger partial charge in [-0.1, -0.05) is 18.2 Å². The van der Waals surface area contributed by atoms with E-state index in [2.05, 4.69) is 15.0 Å². The average Bonchev–Trinajstić information content (AvgIpc) is 2.87. The maximum atomic E-state index is 13.4. The largest absolute Gasteiger partial charge is 0.494 e. The number of hydrogen-bond donors (Lipinski definition) is 2. The van der Waals surface area contributed by atoms with Crippen LogP contribution in [-0.2, 0) is 0 Å². The number of fused-ring (bicyclic) bond motifs is 2. The first-order chi connectivity index (χ1) is 11.2. The number of nitrogens with one attached hydrogen (secondary N) is 1. The standard InChI is InChI=1S/C18H12FN3O/c19-12-6-7-15-13(9-12)14(18(23)22-15)10-21-16-5-1-3-11-4-2-8-20-17(11)16/h1-10,22-23H. The number of pyridine rings is 1. The lowest BCUT2D eigenvalue weighted by Gasteiger charge is -2.00. The highest BCUT2D eigenvalue weighted by Crippen LogP contribution is 2.28. The first-order valence-corrected chi connectivity index (χ1v) is 7.10. The maximum absolute atomic E-state index is 13.4. The topological polar surface area (TPSA) is 61.3 Å². The molecule has 0 saturated carbocycles. The van der Waals surface area contributed by atoms with Crippen molar-refractivity contribution in [1.29, 1.82) is 0 Å². The third kappa shape index (κ3) is 2.32. The highest BCUT2D eigenvalue weighted by atomic mass is 19.1. The molecule has 0 bridgehead atoms. The summed E-state index contributed by atoms with van der Waals surface area (Å²) >= 11 is 0. The Morgan fingerprint density at radius 1 is 1.13 bits per heavy atom.